The number of nitrogens with one attached hydrogen (secondary N) is 2. The summed E-state index contributed by atoms with van der Waals surface area (Å²) in [6.07, 6.45) is 0. The van der Waals surface area contributed by atoms with Crippen molar-refractivity contribution in [2.45, 2.75) is 40.5 Å². The van der Waals surface area contributed by atoms with Gasteiger partial charge >= 0.3 is 0 Å². The second-order valence-electron chi connectivity index (χ2n) is 7.41. The predicted octanol–water partition coefficient (Wildman–Crippen LogP) is 4.74. The maximum atomic E-state index is 13.0. The predicted molar refractivity (Wildman–Crippen MR) is 126 cm³/mol. The number of pyridine rings is 2. The van der Waals surface area contributed by atoms with Crippen molar-refractivity contribution in [2.24, 2.45) is 5.73 Å². The van der Waals surface area contributed by atoms with Crippen molar-refractivity contribution < 1.29 is 0 Å². The van der Waals surface area contributed by atoms with Crippen LogP contribution >= 0.6 is 0 Å². The molecule has 1 unspecified atom stereocenters. The molecule has 1 atom stereocenters. The van der Waals surface area contributed by atoms with Crippen molar-refractivity contribution in [1.29, 1.82) is 0 Å². The summed E-state index contributed by atoms with van der Waals surface area (Å²) in [5.41, 5.74) is 10.2. The lowest BCUT2D eigenvalue weighted by molar-refractivity contribution is 0.774. The first-order valence-electron chi connectivity index (χ1n) is 10.4. The molecule has 0 amide bonds. The number of fused-ring (bicyclic) bond motifs is 3. The minimum Gasteiger partial charge on any atom is -0.330 e. The van der Waals surface area contributed by atoms with E-state index in [1.807, 2.05) is 63.2 Å². The summed E-state index contributed by atoms with van der Waals surface area (Å²) in [6, 6.07) is 13.7. The molecule has 0 spiro atoms. The average molecular weight is 404 g/mol. The van der Waals surface area contributed by atoms with E-state index in [1.54, 1.807) is 6.92 Å². The Balaban J connectivity index is 0.00000124. The van der Waals surface area contributed by atoms with Crippen LogP contribution < -0.4 is 16.9 Å². The molecule has 2 aromatic heterocycles. The first kappa shape index (κ1) is 21.5. The van der Waals surface area contributed by atoms with Crippen LogP contribution in [0.2, 0.25) is 0 Å². The lowest BCUT2D eigenvalue weighted by atomic mass is 9.94. The van der Waals surface area contributed by atoms with Crippen molar-refractivity contribution in [3.8, 4) is 11.1 Å². The summed E-state index contributed by atoms with van der Waals surface area (Å²) in [4.78, 5) is 31.5. The Labute approximate surface area is 176 Å². The zero-order chi connectivity index (χ0) is 22.0. The molecule has 4 rings (SSSR count). The van der Waals surface area contributed by atoms with Crippen LogP contribution in [-0.4, -0.2) is 16.5 Å². The third-order valence-electron chi connectivity index (χ3n) is 5.53. The van der Waals surface area contributed by atoms with Crippen LogP contribution in [0.1, 0.15) is 43.5 Å². The minimum absolute atomic E-state index is 0.145. The van der Waals surface area contributed by atoms with E-state index < -0.39 is 0 Å². The lowest BCUT2D eigenvalue weighted by Crippen LogP contribution is -2.16. The first-order chi connectivity index (χ1) is 14.4. The number of aromatic nitrogens is 2. The summed E-state index contributed by atoms with van der Waals surface area (Å²) in [5, 5.41) is 2.19. The van der Waals surface area contributed by atoms with Gasteiger partial charge in [0.15, 0.2) is 0 Å². The number of nitrogens with two attached hydrogens (primary N) is 1. The van der Waals surface area contributed by atoms with Gasteiger partial charge in [-0.1, -0.05) is 63.2 Å². The van der Waals surface area contributed by atoms with Gasteiger partial charge in [-0.05, 0) is 48.4 Å². The largest absolute Gasteiger partial charge is 0.330 e. The molecule has 0 saturated heterocycles. The Hall–Kier alpha value is -3.18. The van der Waals surface area contributed by atoms with Crippen LogP contribution in [0.5, 0.6) is 0 Å². The van der Waals surface area contributed by atoms with E-state index in [0.717, 1.165) is 27.5 Å². The van der Waals surface area contributed by atoms with Gasteiger partial charge in [0.25, 0.3) is 11.1 Å². The number of benzene rings is 2. The van der Waals surface area contributed by atoms with Crippen molar-refractivity contribution >= 4 is 21.7 Å². The zero-order valence-corrected chi connectivity index (χ0v) is 18.2. The topological polar surface area (TPSA) is 91.7 Å². The van der Waals surface area contributed by atoms with Gasteiger partial charge < -0.3 is 15.7 Å². The van der Waals surface area contributed by atoms with Gasteiger partial charge in [0.05, 0.1) is 16.5 Å². The zero-order valence-electron chi connectivity index (χ0n) is 18.2. The van der Waals surface area contributed by atoms with E-state index in [9.17, 15) is 9.59 Å². The smallest absolute Gasteiger partial charge is 0.256 e. The summed E-state index contributed by atoms with van der Waals surface area (Å²) >= 11 is 0. The molecule has 5 nitrogen and oxygen atoms in total. The summed E-state index contributed by atoms with van der Waals surface area (Å²) < 4.78 is 0. The molecule has 5 heteroatoms. The number of aryl methyl sites for hydroxylation is 2. The molecule has 0 bridgehead atoms. The highest BCUT2D eigenvalue weighted by molar-refractivity contribution is 6.13. The van der Waals surface area contributed by atoms with Gasteiger partial charge in [0.1, 0.15) is 0 Å². The van der Waals surface area contributed by atoms with Gasteiger partial charge in [-0.2, -0.15) is 0 Å². The highest BCUT2D eigenvalue weighted by atomic mass is 16.1. The van der Waals surface area contributed by atoms with Gasteiger partial charge in [-0.25, -0.2) is 0 Å². The number of rotatable bonds is 3. The summed E-state index contributed by atoms with van der Waals surface area (Å²) in [6.45, 7) is 10.4. The van der Waals surface area contributed by atoms with Crippen molar-refractivity contribution in [2.75, 3.05) is 6.54 Å². The number of hydrogen-bond donors (Lipinski definition) is 3. The van der Waals surface area contributed by atoms with Crippen LogP contribution in [0.25, 0.3) is 32.8 Å². The number of hydrogen-bond acceptors (Lipinski definition) is 3. The third kappa shape index (κ3) is 3.57. The highest BCUT2D eigenvalue weighted by Crippen LogP contribution is 2.32. The second-order valence-corrected chi connectivity index (χ2v) is 7.41. The highest BCUT2D eigenvalue weighted by Gasteiger charge is 2.17. The van der Waals surface area contributed by atoms with E-state index in [4.69, 9.17) is 5.73 Å². The Morgan fingerprint density at radius 1 is 0.900 bits per heavy atom. The monoisotopic (exact) mass is 403 g/mol. The Bertz CT molecular complexity index is 1320. The van der Waals surface area contributed by atoms with Gasteiger partial charge in [-0.3, -0.25) is 9.59 Å². The molecule has 156 valence electrons. The number of aromatic amines is 2. The Morgan fingerprint density at radius 2 is 1.57 bits per heavy atom. The Kier molecular flexibility index (Phi) is 6.22. The van der Waals surface area contributed by atoms with Gasteiger partial charge in [0, 0.05) is 11.1 Å². The Morgan fingerprint density at radius 3 is 2.20 bits per heavy atom. The van der Waals surface area contributed by atoms with Crippen LogP contribution in [0.15, 0.2) is 52.1 Å². The van der Waals surface area contributed by atoms with Gasteiger partial charge in [-0.15, -0.1) is 0 Å². The molecule has 2 heterocycles. The normalized spacial score (nSPS) is 11.9. The minimum atomic E-state index is -0.167. The maximum Gasteiger partial charge on any atom is 0.256 e. The lowest BCUT2D eigenvalue weighted by Gasteiger charge is -2.14. The third-order valence-corrected chi connectivity index (χ3v) is 5.53. The van der Waals surface area contributed by atoms with E-state index in [-0.39, 0.29) is 17.0 Å². The maximum absolute atomic E-state index is 13.0. The van der Waals surface area contributed by atoms with E-state index >= 15 is 0 Å². The number of H-pyrrole nitrogens is 2. The molecular weight excluding hydrogens is 374 g/mol. The van der Waals surface area contributed by atoms with Crippen LogP contribution in [0.4, 0.5) is 0 Å². The average Bonchev–Trinajstić information content (AvgIpc) is 2.76. The summed E-state index contributed by atoms with van der Waals surface area (Å²) in [5.74, 6) is 0.252. The van der Waals surface area contributed by atoms with Crippen molar-refractivity contribution in [3.05, 3.63) is 80.0 Å². The molecule has 0 aliphatic carbocycles. The summed E-state index contributed by atoms with van der Waals surface area (Å²) in [7, 11) is 0. The molecule has 0 aliphatic rings. The standard InChI is InChI=1S/C23H23N3O2.C2H6/c1-12-5-4-6-17-18(12)22(27)26-21-14(3)25-23(28)19(20(17)21)16-9-7-15(8-10-16)13(2)11-24;1-2/h4-10,13H,11,24H2,1-3H3,(H,25,28)(H,26,27);1-2H3. The molecule has 0 aliphatic heterocycles. The fraction of sp³-hybridized carbons (Fsp3) is 0.280. The molecule has 0 fully saturated rings. The molecule has 30 heavy (non-hydrogen) atoms. The molecule has 0 radical (unpaired) electrons. The molecular formula is C25H29N3O2. The van der Waals surface area contributed by atoms with E-state index in [1.165, 1.54) is 0 Å². The fourth-order valence-electron chi connectivity index (χ4n) is 3.89. The van der Waals surface area contributed by atoms with Crippen molar-refractivity contribution in [3.63, 3.8) is 0 Å². The van der Waals surface area contributed by atoms with Crippen LogP contribution in [0, 0.1) is 13.8 Å². The second kappa shape index (κ2) is 8.67. The molecule has 0 saturated carbocycles. The fourth-order valence-corrected chi connectivity index (χ4v) is 3.89. The SMILES string of the molecule is CC.Cc1[nH]c(=O)c(-c2ccc(C(C)CN)cc2)c2c1[nH]c(=O)c1c(C)cccc12. The molecule has 4 N–H and O–H groups in total. The quantitative estimate of drug-likeness (QED) is 0.431. The van der Waals surface area contributed by atoms with E-state index in [0.29, 0.717) is 28.7 Å². The van der Waals surface area contributed by atoms with Crippen LogP contribution in [0.3, 0.4) is 0 Å². The van der Waals surface area contributed by atoms with Crippen LogP contribution in [-0.2, 0) is 0 Å². The first-order valence-corrected chi connectivity index (χ1v) is 10.4. The molecule has 2 aromatic carbocycles. The van der Waals surface area contributed by atoms with Crippen molar-refractivity contribution in [1.82, 2.24) is 9.97 Å². The van der Waals surface area contributed by atoms with E-state index in [2.05, 4.69) is 16.9 Å². The molecule has 4 aromatic rings. The van der Waals surface area contributed by atoms with Gasteiger partial charge in [0.2, 0.25) is 0 Å².